The van der Waals surface area contributed by atoms with Gasteiger partial charge in [0.25, 0.3) is 0 Å². The van der Waals surface area contributed by atoms with E-state index < -0.39 is 4.92 Å². The number of nitro groups is 1. The zero-order valence-electron chi connectivity index (χ0n) is 11.9. The molecule has 2 atom stereocenters. The monoisotopic (exact) mass is 301 g/mol. The number of nitrogens with zero attached hydrogens (tertiary/aromatic N) is 3. The second-order valence-corrected chi connectivity index (χ2v) is 5.30. The molecule has 0 aliphatic heterocycles. The highest BCUT2D eigenvalue weighted by molar-refractivity contribution is 7.99. The lowest BCUT2D eigenvalue weighted by Gasteiger charge is -2.22. The van der Waals surface area contributed by atoms with Crippen molar-refractivity contribution in [1.82, 2.24) is 9.97 Å². The van der Waals surface area contributed by atoms with Crippen LogP contribution in [0.1, 0.15) is 12.6 Å². The van der Waals surface area contributed by atoms with Gasteiger partial charge in [0.05, 0.1) is 11.5 Å². The first-order valence-corrected chi connectivity index (χ1v) is 7.34. The number of aliphatic hydroxyl groups is 1. The molecule has 112 valence electrons. The highest BCUT2D eigenvalue weighted by atomic mass is 32.2. The van der Waals surface area contributed by atoms with Gasteiger partial charge in [0.1, 0.15) is 5.69 Å². The molecule has 0 spiro atoms. The molecule has 0 aliphatic carbocycles. The summed E-state index contributed by atoms with van der Waals surface area (Å²) in [5.41, 5.74) is 0.141. The lowest BCUT2D eigenvalue weighted by atomic mass is 10.2. The van der Waals surface area contributed by atoms with E-state index in [-0.39, 0.29) is 35.1 Å². The molecule has 1 heterocycles. The Labute approximate surface area is 121 Å². The van der Waals surface area contributed by atoms with Gasteiger partial charge < -0.3 is 15.7 Å². The minimum Gasteiger partial charge on any atom is -0.395 e. The number of aryl methyl sites for hydroxylation is 1. The molecule has 0 radical (unpaired) electrons. The van der Waals surface area contributed by atoms with Crippen molar-refractivity contribution in [2.45, 2.75) is 25.1 Å². The van der Waals surface area contributed by atoms with Crippen LogP contribution in [0.15, 0.2) is 0 Å². The van der Waals surface area contributed by atoms with Gasteiger partial charge in [-0.2, -0.15) is 16.7 Å². The largest absolute Gasteiger partial charge is 0.395 e. The van der Waals surface area contributed by atoms with Gasteiger partial charge >= 0.3 is 5.69 Å². The van der Waals surface area contributed by atoms with Gasteiger partial charge in [-0.25, -0.2) is 4.98 Å². The summed E-state index contributed by atoms with van der Waals surface area (Å²) in [5.74, 6) is 0.472. The number of thioether (sulfide) groups is 1. The summed E-state index contributed by atoms with van der Waals surface area (Å²) in [7, 11) is 1.65. The summed E-state index contributed by atoms with van der Waals surface area (Å²) in [5, 5.41) is 26.1. The van der Waals surface area contributed by atoms with Crippen LogP contribution >= 0.6 is 11.8 Å². The smallest absolute Gasteiger partial charge is 0.332 e. The van der Waals surface area contributed by atoms with E-state index in [0.29, 0.717) is 5.95 Å². The van der Waals surface area contributed by atoms with Crippen molar-refractivity contribution in [3.05, 3.63) is 15.8 Å². The second kappa shape index (κ2) is 7.25. The molecule has 1 aromatic heterocycles. The lowest BCUT2D eigenvalue weighted by molar-refractivity contribution is -0.385. The van der Waals surface area contributed by atoms with Crippen LogP contribution < -0.4 is 10.6 Å². The van der Waals surface area contributed by atoms with E-state index in [0.717, 1.165) is 0 Å². The Morgan fingerprint density at radius 1 is 1.50 bits per heavy atom. The van der Waals surface area contributed by atoms with Crippen LogP contribution in [0.5, 0.6) is 0 Å². The Kier molecular flexibility index (Phi) is 5.96. The van der Waals surface area contributed by atoms with Gasteiger partial charge in [-0.3, -0.25) is 10.1 Å². The van der Waals surface area contributed by atoms with Gasteiger partial charge in [0.2, 0.25) is 11.8 Å². The Morgan fingerprint density at radius 2 is 2.15 bits per heavy atom. The van der Waals surface area contributed by atoms with Gasteiger partial charge in [-0.15, -0.1) is 0 Å². The van der Waals surface area contributed by atoms with Crippen LogP contribution in [-0.4, -0.2) is 51.2 Å². The fourth-order valence-electron chi connectivity index (χ4n) is 1.74. The maximum absolute atomic E-state index is 11.1. The quantitative estimate of drug-likeness (QED) is 0.509. The molecule has 0 saturated carbocycles. The third kappa shape index (κ3) is 3.70. The topological polar surface area (TPSA) is 113 Å². The molecule has 1 rings (SSSR count). The SMILES string of the molecule is CNc1nc(C)c([N+](=O)[O-])c(NC(C)C(CO)SC)n1. The Balaban J connectivity index is 3.14. The molecule has 0 bridgehead atoms. The zero-order valence-corrected chi connectivity index (χ0v) is 12.7. The first kappa shape index (κ1) is 16.4. The Morgan fingerprint density at radius 3 is 2.60 bits per heavy atom. The molecular weight excluding hydrogens is 282 g/mol. The van der Waals surface area contributed by atoms with Crippen molar-refractivity contribution in [3.8, 4) is 0 Å². The third-order valence-electron chi connectivity index (χ3n) is 2.87. The second-order valence-electron chi connectivity index (χ2n) is 4.23. The summed E-state index contributed by atoms with van der Waals surface area (Å²) in [6, 6.07) is -0.173. The van der Waals surface area contributed by atoms with Crippen LogP contribution in [0.2, 0.25) is 0 Å². The predicted molar refractivity (Wildman–Crippen MR) is 80.4 cm³/mol. The number of aliphatic hydroxyl groups excluding tert-OH is 1. The molecule has 0 saturated heterocycles. The molecule has 0 amide bonds. The maximum Gasteiger partial charge on any atom is 0.332 e. The average molecular weight is 301 g/mol. The maximum atomic E-state index is 11.1. The summed E-state index contributed by atoms with van der Waals surface area (Å²) in [6.07, 6.45) is 1.87. The molecule has 0 aliphatic rings. The van der Waals surface area contributed by atoms with Gasteiger partial charge in [0.15, 0.2) is 0 Å². The normalized spacial score (nSPS) is 13.7. The molecule has 0 fully saturated rings. The van der Waals surface area contributed by atoms with Crippen LogP contribution in [0, 0.1) is 17.0 Å². The highest BCUT2D eigenvalue weighted by Gasteiger charge is 2.25. The van der Waals surface area contributed by atoms with Crippen LogP contribution in [0.3, 0.4) is 0 Å². The van der Waals surface area contributed by atoms with Crippen LogP contribution in [0.25, 0.3) is 0 Å². The van der Waals surface area contributed by atoms with E-state index >= 15 is 0 Å². The number of nitrogens with one attached hydrogen (secondary N) is 2. The first-order chi connectivity index (χ1) is 9.44. The number of anilines is 2. The minimum atomic E-state index is -0.503. The van der Waals surface area contributed by atoms with E-state index in [1.54, 1.807) is 14.0 Å². The van der Waals surface area contributed by atoms with Crippen LogP contribution in [0.4, 0.5) is 17.5 Å². The summed E-state index contributed by atoms with van der Waals surface area (Å²) >= 11 is 1.48. The van der Waals surface area contributed by atoms with Crippen molar-refractivity contribution in [2.75, 3.05) is 30.5 Å². The number of hydrogen-bond acceptors (Lipinski definition) is 8. The molecule has 9 heteroatoms. The fraction of sp³-hybridized carbons (Fsp3) is 0.636. The Bertz CT molecular complexity index is 481. The number of rotatable bonds is 7. The van der Waals surface area contributed by atoms with Gasteiger partial charge in [-0.1, -0.05) is 0 Å². The van der Waals surface area contributed by atoms with Gasteiger partial charge in [0, 0.05) is 18.3 Å². The average Bonchev–Trinajstić information content (AvgIpc) is 2.38. The van der Waals surface area contributed by atoms with Crippen molar-refractivity contribution in [3.63, 3.8) is 0 Å². The van der Waals surface area contributed by atoms with E-state index in [1.165, 1.54) is 11.8 Å². The van der Waals surface area contributed by atoms with E-state index in [2.05, 4.69) is 20.6 Å². The highest BCUT2D eigenvalue weighted by Crippen LogP contribution is 2.28. The first-order valence-electron chi connectivity index (χ1n) is 6.05. The Hall–Kier alpha value is -1.61. The van der Waals surface area contributed by atoms with Crippen LogP contribution in [-0.2, 0) is 0 Å². The molecule has 0 aromatic carbocycles. The number of aromatic nitrogens is 2. The summed E-state index contributed by atoms with van der Waals surface area (Å²) in [4.78, 5) is 18.7. The van der Waals surface area contributed by atoms with Gasteiger partial charge in [-0.05, 0) is 20.1 Å². The van der Waals surface area contributed by atoms with Crippen molar-refractivity contribution in [1.29, 1.82) is 0 Å². The van der Waals surface area contributed by atoms with Crippen molar-refractivity contribution >= 4 is 29.2 Å². The molecular formula is C11H19N5O3S. The van der Waals surface area contributed by atoms with E-state index in [4.69, 9.17) is 0 Å². The predicted octanol–water partition coefficient (Wildman–Crippen LogP) is 1.26. The standard InChI is InChI=1S/C11H19N5O3S/c1-6(8(5-17)20-4)13-10-9(16(18)19)7(2)14-11(12-3)15-10/h6,8,17H,5H2,1-4H3,(H2,12,13,14,15). The van der Waals surface area contributed by atoms with E-state index in [1.807, 2.05) is 13.2 Å². The molecule has 8 nitrogen and oxygen atoms in total. The van der Waals surface area contributed by atoms with Crippen molar-refractivity contribution in [2.24, 2.45) is 0 Å². The lowest BCUT2D eigenvalue weighted by Crippen LogP contribution is -2.31. The minimum absolute atomic E-state index is 0.0217. The molecule has 3 N–H and O–H groups in total. The molecule has 20 heavy (non-hydrogen) atoms. The molecule has 2 unspecified atom stereocenters. The fourth-order valence-corrected chi connectivity index (χ4v) is 2.37. The summed E-state index contributed by atoms with van der Waals surface area (Å²) in [6.45, 7) is 3.39. The van der Waals surface area contributed by atoms with E-state index in [9.17, 15) is 15.2 Å². The number of hydrogen-bond donors (Lipinski definition) is 3. The third-order valence-corrected chi connectivity index (χ3v) is 4.03. The zero-order chi connectivity index (χ0) is 15.3. The summed E-state index contributed by atoms with van der Waals surface area (Å²) < 4.78 is 0. The van der Waals surface area contributed by atoms with Crippen molar-refractivity contribution < 1.29 is 10.0 Å². The molecule has 1 aromatic rings.